The molecule has 0 rings (SSSR count). The summed E-state index contributed by atoms with van der Waals surface area (Å²) in [5.41, 5.74) is 0. The number of hydrogen-bond acceptors (Lipinski definition) is 6. The molecule has 0 aliphatic rings. The highest BCUT2D eigenvalue weighted by molar-refractivity contribution is 5.72. The van der Waals surface area contributed by atoms with E-state index in [4.69, 9.17) is 14.2 Å². The third-order valence-electron chi connectivity index (χ3n) is 13.7. The molecule has 6 heteroatoms. The van der Waals surface area contributed by atoms with Crippen LogP contribution < -0.4 is 0 Å². The minimum atomic E-state index is -0.821. The van der Waals surface area contributed by atoms with Gasteiger partial charge in [-0.3, -0.25) is 14.4 Å². The predicted molar refractivity (Wildman–Crippen MR) is 321 cm³/mol. The second-order valence-corrected chi connectivity index (χ2v) is 21.0. The third kappa shape index (κ3) is 59.5. The largest absolute Gasteiger partial charge is 0.462 e. The maximum atomic E-state index is 12.9. The van der Waals surface area contributed by atoms with Crippen molar-refractivity contribution in [2.45, 2.75) is 316 Å². The summed E-state index contributed by atoms with van der Waals surface area (Å²) in [5, 5.41) is 0. The van der Waals surface area contributed by atoms with Crippen LogP contribution in [0.15, 0.2) is 85.1 Å². The van der Waals surface area contributed by atoms with Crippen molar-refractivity contribution in [1.29, 1.82) is 0 Å². The van der Waals surface area contributed by atoms with Crippen LogP contribution in [0.5, 0.6) is 0 Å². The molecule has 0 bridgehead atoms. The van der Waals surface area contributed by atoms with E-state index in [0.717, 1.165) is 83.5 Å². The van der Waals surface area contributed by atoms with Crippen LogP contribution in [0.4, 0.5) is 0 Å². The number of hydrogen-bond donors (Lipinski definition) is 0. The Kier molecular flexibility index (Phi) is 59.3. The van der Waals surface area contributed by atoms with E-state index in [0.29, 0.717) is 12.8 Å². The van der Waals surface area contributed by atoms with Crippen LogP contribution in [-0.2, 0) is 28.6 Å². The summed E-state index contributed by atoms with van der Waals surface area (Å²) < 4.78 is 16.8. The fraction of sp³-hybridized carbons (Fsp3) is 0.750. The monoisotopic (exact) mass is 1030 g/mol. The topological polar surface area (TPSA) is 78.9 Å². The van der Waals surface area contributed by atoms with Crippen LogP contribution in [0, 0.1) is 0 Å². The number of carbonyl (C=O) groups excluding carboxylic acids is 3. The first-order valence-electron chi connectivity index (χ1n) is 31.6. The van der Waals surface area contributed by atoms with Crippen molar-refractivity contribution in [3.05, 3.63) is 85.1 Å². The summed E-state index contributed by atoms with van der Waals surface area (Å²) in [5.74, 6) is -1.04. The Morgan fingerprint density at radius 3 is 0.959 bits per heavy atom. The third-order valence-corrected chi connectivity index (χ3v) is 13.7. The molecule has 74 heavy (non-hydrogen) atoms. The van der Waals surface area contributed by atoms with Crippen LogP contribution in [-0.4, -0.2) is 37.2 Å². The van der Waals surface area contributed by atoms with Crippen molar-refractivity contribution in [3.8, 4) is 0 Å². The van der Waals surface area contributed by atoms with E-state index in [2.05, 4.69) is 93.7 Å². The number of unbranched alkanes of at least 4 members (excludes halogenated alkanes) is 33. The number of carbonyl (C=O) groups is 3. The van der Waals surface area contributed by atoms with Crippen LogP contribution in [0.1, 0.15) is 310 Å². The fourth-order valence-corrected chi connectivity index (χ4v) is 8.96. The van der Waals surface area contributed by atoms with Crippen LogP contribution in [0.25, 0.3) is 0 Å². The average molecular weight is 1030 g/mol. The smallest absolute Gasteiger partial charge is 0.309 e. The van der Waals surface area contributed by atoms with Gasteiger partial charge in [0.05, 0.1) is 6.42 Å². The van der Waals surface area contributed by atoms with Gasteiger partial charge in [0, 0.05) is 12.8 Å². The molecule has 0 aromatic carbocycles. The van der Waals surface area contributed by atoms with E-state index < -0.39 is 12.1 Å². The first kappa shape index (κ1) is 70.6. The van der Waals surface area contributed by atoms with E-state index in [-0.39, 0.29) is 31.6 Å². The average Bonchev–Trinajstić information content (AvgIpc) is 3.40. The number of allylic oxidation sites excluding steroid dienone is 13. The summed E-state index contributed by atoms with van der Waals surface area (Å²) in [6.45, 7) is 6.45. The quantitative estimate of drug-likeness (QED) is 0.0261. The molecule has 0 amide bonds. The summed E-state index contributed by atoms with van der Waals surface area (Å²) in [6.07, 6.45) is 81.9. The standard InChI is InChI=1S/C68H118O6/c1-4-7-10-13-16-19-22-25-28-30-32-33-34-35-36-38-40-43-46-49-52-55-58-61-67(70)73-64-65(63-72-66(69)60-57-54-51-48-45-42-39-27-24-21-18-15-12-9-6-3)74-68(71)62-59-56-53-50-47-44-41-37-31-29-26-23-20-17-14-11-8-5-2/h9,12,18,20-21,23,27,29,31,39,45,48,54,57,65H,4-8,10-11,13-17,19,22,24-26,28,30,32-38,40-44,46-47,49-53,55-56,58-64H2,1-3H3/b12-9-,21-18-,23-20-,31-29-,39-27-,48-45-,57-54-. The molecular weight excluding hydrogens is 913 g/mol. The molecule has 426 valence electrons. The lowest BCUT2D eigenvalue weighted by molar-refractivity contribution is -0.166. The maximum Gasteiger partial charge on any atom is 0.309 e. The van der Waals surface area contributed by atoms with E-state index in [1.807, 2.05) is 6.08 Å². The van der Waals surface area contributed by atoms with Gasteiger partial charge in [0.2, 0.25) is 0 Å². The van der Waals surface area contributed by atoms with E-state index >= 15 is 0 Å². The maximum absolute atomic E-state index is 12.9. The molecule has 0 heterocycles. The van der Waals surface area contributed by atoms with Crippen molar-refractivity contribution >= 4 is 17.9 Å². The molecule has 0 spiro atoms. The zero-order chi connectivity index (χ0) is 53.6. The number of esters is 3. The van der Waals surface area contributed by atoms with Gasteiger partial charge in [0.1, 0.15) is 13.2 Å². The van der Waals surface area contributed by atoms with Gasteiger partial charge in [-0.2, -0.15) is 0 Å². The molecule has 0 saturated carbocycles. The van der Waals surface area contributed by atoms with Crippen LogP contribution >= 0.6 is 0 Å². The molecular formula is C68H118O6. The molecule has 0 aromatic heterocycles. The second-order valence-electron chi connectivity index (χ2n) is 21.0. The van der Waals surface area contributed by atoms with Gasteiger partial charge in [-0.1, -0.05) is 298 Å². The Bertz CT molecular complexity index is 1420. The molecule has 0 N–H and O–H groups in total. The first-order chi connectivity index (χ1) is 36.5. The minimum absolute atomic E-state index is 0.107. The fourth-order valence-electron chi connectivity index (χ4n) is 8.96. The highest BCUT2D eigenvalue weighted by Gasteiger charge is 2.19. The highest BCUT2D eigenvalue weighted by atomic mass is 16.6. The lowest BCUT2D eigenvalue weighted by Crippen LogP contribution is -2.30. The lowest BCUT2D eigenvalue weighted by atomic mass is 10.0. The molecule has 0 radical (unpaired) electrons. The van der Waals surface area contributed by atoms with Gasteiger partial charge in [-0.05, 0) is 77.0 Å². The highest BCUT2D eigenvalue weighted by Crippen LogP contribution is 2.17. The van der Waals surface area contributed by atoms with E-state index in [9.17, 15) is 14.4 Å². The summed E-state index contributed by atoms with van der Waals surface area (Å²) in [4.78, 5) is 38.2. The zero-order valence-electron chi connectivity index (χ0n) is 48.8. The van der Waals surface area contributed by atoms with Gasteiger partial charge in [0.15, 0.2) is 6.10 Å². The van der Waals surface area contributed by atoms with E-state index in [1.165, 1.54) is 186 Å². The lowest BCUT2D eigenvalue weighted by Gasteiger charge is -2.18. The van der Waals surface area contributed by atoms with Crippen molar-refractivity contribution in [2.75, 3.05) is 13.2 Å². The van der Waals surface area contributed by atoms with Gasteiger partial charge in [0.25, 0.3) is 0 Å². The SMILES string of the molecule is CC/C=C\C/C=C\C/C=C\C/C=C\C/C=C\CC(=O)OCC(COC(=O)CCCCCCCCCCCCCCCCCCCCCCCCC)OC(=O)CCCCCCCCC/C=C\C/C=C\CCCCCC. The number of rotatable bonds is 57. The van der Waals surface area contributed by atoms with Crippen molar-refractivity contribution in [2.24, 2.45) is 0 Å². The molecule has 1 unspecified atom stereocenters. The molecule has 0 aliphatic heterocycles. The van der Waals surface area contributed by atoms with Gasteiger partial charge >= 0.3 is 17.9 Å². The van der Waals surface area contributed by atoms with Crippen molar-refractivity contribution < 1.29 is 28.6 Å². The molecule has 0 saturated heterocycles. The zero-order valence-corrected chi connectivity index (χ0v) is 48.8. The Labute approximate surface area is 458 Å². The molecule has 6 nitrogen and oxygen atoms in total. The summed E-state index contributed by atoms with van der Waals surface area (Å²) in [6, 6.07) is 0. The van der Waals surface area contributed by atoms with Gasteiger partial charge in [-0.25, -0.2) is 0 Å². The van der Waals surface area contributed by atoms with Crippen LogP contribution in [0.2, 0.25) is 0 Å². The molecule has 0 fully saturated rings. The van der Waals surface area contributed by atoms with Crippen molar-refractivity contribution in [3.63, 3.8) is 0 Å². The molecule has 1 atom stereocenters. The predicted octanol–water partition coefficient (Wildman–Crippen LogP) is 21.5. The van der Waals surface area contributed by atoms with Crippen LogP contribution in [0.3, 0.4) is 0 Å². The Morgan fingerprint density at radius 1 is 0.297 bits per heavy atom. The number of ether oxygens (including phenoxy) is 3. The summed E-state index contributed by atoms with van der Waals surface area (Å²) in [7, 11) is 0. The summed E-state index contributed by atoms with van der Waals surface area (Å²) >= 11 is 0. The van der Waals surface area contributed by atoms with E-state index in [1.54, 1.807) is 6.08 Å². The van der Waals surface area contributed by atoms with Gasteiger partial charge in [-0.15, -0.1) is 0 Å². The Balaban J connectivity index is 4.39. The Hall–Kier alpha value is -3.41. The molecule has 0 aromatic rings. The van der Waals surface area contributed by atoms with Crippen molar-refractivity contribution in [1.82, 2.24) is 0 Å². The second kappa shape index (κ2) is 62.1. The Morgan fingerprint density at radius 2 is 0.581 bits per heavy atom. The first-order valence-corrected chi connectivity index (χ1v) is 31.6. The normalized spacial score (nSPS) is 12.6. The molecule has 0 aliphatic carbocycles. The minimum Gasteiger partial charge on any atom is -0.462 e. The van der Waals surface area contributed by atoms with Gasteiger partial charge < -0.3 is 14.2 Å².